The summed E-state index contributed by atoms with van der Waals surface area (Å²) in [6.45, 7) is 0.400. The Morgan fingerprint density at radius 1 is 1.21 bits per heavy atom. The van der Waals surface area contributed by atoms with Crippen LogP contribution >= 0.6 is 0 Å². The van der Waals surface area contributed by atoms with E-state index in [1.54, 1.807) is 35.3 Å². The standard InChI is InChI=1S/C20H19N5O3/c26-19-7-4-14-11-16(5-6-17(14)22-19)28-13-20(27)23-18-8-10-25(24-18)12-15-3-1-2-9-21-15/h1-3,5-6,8-11H,4,7,12-13H2,(H,22,26)(H,23,24,27). The van der Waals surface area contributed by atoms with Gasteiger partial charge in [-0.2, -0.15) is 5.10 Å². The van der Waals surface area contributed by atoms with Gasteiger partial charge in [0, 0.05) is 30.6 Å². The summed E-state index contributed by atoms with van der Waals surface area (Å²) < 4.78 is 7.27. The quantitative estimate of drug-likeness (QED) is 0.686. The lowest BCUT2D eigenvalue weighted by Crippen LogP contribution is -2.21. The number of fused-ring (bicyclic) bond motifs is 1. The highest BCUT2D eigenvalue weighted by atomic mass is 16.5. The zero-order valence-corrected chi connectivity index (χ0v) is 15.1. The molecule has 0 atom stereocenters. The number of anilines is 2. The Balaban J connectivity index is 1.30. The molecule has 142 valence electrons. The summed E-state index contributed by atoms with van der Waals surface area (Å²) in [5, 5.41) is 9.84. The van der Waals surface area contributed by atoms with Gasteiger partial charge in [-0.05, 0) is 42.3 Å². The van der Waals surface area contributed by atoms with Gasteiger partial charge in [0.15, 0.2) is 12.4 Å². The van der Waals surface area contributed by atoms with E-state index in [1.807, 2.05) is 24.3 Å². The maximum Gasteiger partial charge on any atom is 0.263 e. The zero-order chi connectivity index (χ0) is 19.3. The fraction of sp³-hybridized carbons (Fsp3) is 0.200. The molecule has 2 N–H and O–H groups in total. The average molecular weight is 377 g/mol. The second kappa shape index (κ2) is 7.91. The van der Waals surface area contributed by atoms with Crippen molar-refractivity contribution in [1.82, 2.24) is 14.8 Å². The fourth-order valence-electron chi connectivity index (χ4n) is 2.95. The summed E-state index contributed by atoms with van der Waals surface area (Å²) >= 11 is 0. The van der Waals surface area contributed by atoms with Crippen molar-refractivity contribution in [1.29, 1.82) is 0 Å². The minimum Gasteiger partial charge on any atom is -0.484 e. The molecular formula is C20H19N5O3. The summed E-state index contributed by atoms with van der Waals surface area (Å²) in [5.41, 5.74) is 2.69. The molecule has 0 saturated heterocycles. The normalized spacial score (nSPS) is 12.8. The van der Waals surface area contributed by atoms with Gasteiger partial charge in [0.25, 0.3) is 5.91 Å². The molecule has 3 aromatic rings. The third kappa shape index (κ3) is 4.35. The first-order chi connectivity index (χ1) is 13.7. The molecule has 1 aliphatic rings. The Morgan fingerprint density at radius 2 is 2.14 bits per heavy atom. The number of benzene rings is 1. The Kier molecular flexibility index (Phi) is 5.01. The first-order valence-corrected chi connectivity index (χ1v) is 8.94. The van der Waals surface area contributed by atoms with E-state index in [-0.39, 0.29) is 18.4 Å². The zero-order valence-electron chi connectivity index (χ0n) is 15.1. The Bertz CT molecular complexity index is 1000. The number of hydrogen-bond donors (Lipinski definition) is 2. The van der Waals surface area contributed by atoms with Crippen LogP contribution in [0.2, 0.25) is 0 Å². The van der Waals surface area contributed by atoms with Crippen molar-refractivity contribution in [3.63, 3.8) is 0 Å². The largest absolute Gasteiger partial charge is 0.484 e. The number of carbonyl (C=O) groups is 2. The maximum atomic E-state index is 12.1. The van der Waals surface area contributed by atoms with E-state index in [0.717, 1.165) is 16.9 Å². The molecular weight excluding hydrogens is 358 g/mol. The Labute approximate surface area is 161 Å². The second-order valence-corrected chi connectivity index (χ2v) is 6.42. The van der Waals surface area contributed by atoms with Crippen LogP contribution in [0.5, 0.6) is 5.75 Å². The number of aromatic nitrogens is 3. The number of pyridine rings is 1. The summed E-state index contributed by atoms with van der Waals surface area (Å²) in [6, 6.07) is 12.8. The SMILES string of the molecule is O=C(COc1ccc2c(c1)CCC(=O)N2)Nc1ccn(Cc2ccccn2)n1. The Hall–Kier alpha value is -3.68. The van der Waals surface area contributed by atoms with Crippen LogP contribution in [0.1, 0.15) is 17.7 Å². The van der Waals surface area contributed by atoms with Gasteiger partial charge < -0.3 is 15.4 Å². The van der Waals surface area contributed by atoms with Crippen LogP contribution in [0.15, 0.2) is 54.9 Å². The topological polar surface area (TPSA) is 98.1 Å². The van der Waals surface area contributed by atoms with Crippen LogP contribution in [0.4, 0.5) is 11.5 Å². The molecule has 8 nitrogen and oxygen atoms in total. The lowest BCUT2D eigenvalue weighted by molar-refractivity contribution is -0.118. The monoisotopic (exact) mass is 377 g/mol. The van der Waals surface area contributed by atoms with Gasteiger partial charge in [0.1, 0.15) is 5.75 Å². The van der Waals surface area contributed by atoms with E-state index >= 15 is 0 Å². The number of amides is 2. The maximum absolute atomic E-state index is 12.1. The molecule has 3 heterocycles. The third-order valence-corrected chi connectivity index (χ3v) is 4.30. The number of hydrogen-bond acceptors (Lipinski definition) is 5. The lowest BCUT2D eigenvalue weighted by Gasteiger charge is -2.17. The summed E-state index contributed by atoms with van der Waals surface area (Å²) in [4.78, 5) is 27.8. The van der Waals surface area contributed by atoms with Crippen LogP contribution in [0.25, 0.3) is 0 Å². The molecule has 0 spiro atoms. The summed E-state index contributed by atoms with van der Waals surface area (Å²) in [6.07, 6.45) is 4.63. The van der Waals surface area contributed by atoms with E-state index < -0.39 is 0 Å². The van der Waals surface area contributed by atoms with Crippen LogP contribution in [-0.2, 0) is 22.6 Å². The molecule has 1 aromatic carbocycles. The minimum atomic E-state index is -0.297. The number of carbonyl (C=O) groups excluding carboxylic acids is 2. The van der Waals surface area contributed by atoms with Crippen molar-refractivity contribution in [2.45, 2.75) is 19.4 Å². The van der Waals surface area contributed by atoms with Crippen molar-refractivity contribution in [2.24, 2.45) is 0 Å². The average Bonchev–Trinajstić information content (AvgIpc) is 3.13. The molecule has 8 heteroatoms. The molecule has 28 heavy (non-hydrogen) atoms. The first kappa shape index (κ1) is 17.7. The predicted molar refractivity (Wildman–Crippen MR) is 103 cm³/mol. The van der Waals surface area contributed by atoms with E-state index in [2.05, 4.69) is 20.7 Å². The molecule has 0 saturated carbocycles. The van der Waals surface area contributed by atoms with Gasteiger partial charge in [-0.15, -0.1) is 0 Å². The van der Waals surface area contributed by atoms with E-state index in [0.29, 0.717) is 31.0 Å². The second-order valence-electron chi connectivity index (χ2n) is 6.42. The molecule has 0 bridgehead atoms. The van der Waals surface area contributed by atoms with E-state index in [1.165, 1.54) is 0 Å². The van der Waals surface area contributed by atoms with Crippen LogP contribution < -0.4 is 15.4 Å². The minimum absolute atomic E-state index is 0.0167. The predicted octanol–water partition coefficient (Wildman–Crippen LogP) is 2.23. The van der Waals surface area contributed by atoms with Crippen molar-refractivity contribution >= 4 is 23.3 Å². The first-order valence-electron chi connectivity index (χ1n) is 8.94. The Morgan fingerprint density at radius 3 is 3.00 bits per heavy atom. The van der Waals surface area contributed by atoms with Gasteiger partial charge in [-0.25, -0.2) is 0 Å². The van der Waals surface area contributed by atoms with Gasteiger partial charge in [-0.1, -0.05) is 6.07 Å². The molecule has 0 radical (unpaired) electrons. The lowest BCUT2D eigenvalue weighted by atomic mass is 10.0. The molecule has 2 aromatic heterocycles. The molecule has 2 amide bonds. The van der Waals surface area contributed by atoms with Gasteiger partial charge in [0.2, 0.25) is 5.91 Å². The van der Waals surface area contributed by atoms with Crippen molar-refractivity contribution in [3.8, 4) is 5.75 Å². The van der Waals surface area contributed by atoms with Gasteiger partial charge in [-0.3, -0.25) is 19.3 Å². The van der Waals surface area contributed by atoms with Crippen LogP contribution in [0.3, 0.4) is 0 Å². The number of nitrogens with one attached hydrogen (secondary N) is 2. The van der Waals surface area contributed by atoms with Crippen molar-refractivity contribution in [2.75, 3.05) is 17.2 Å². The highest BCUT2D eigenvalue weighted by Crippen LogP contribution is 2.26. The van der Waals surface area contributed by atoms with E-state index in [4.69, 9.17) is 4.74 Å². The highest BCUT2D eigenvalue weighted by Gasteiger charge is 2.15. The van der Waals surface area contributed by atoms with E-state index in [9.17, 15) is 9.59 Å². The molecule has 1 aliphatic heterocycles. The van der Waals surface area contributed by atoms with Crippen molar-refractivity contribution < 1.29 is 14.3 Å². The molecule has 4 rings (SSSR count). The van der Waals surface area contributed by atoms with Crippen LogP contribution in [-0.4, -0.2) is 33.2 Å². The molecule has 0 fully saturated rings. The number of rotatable bonds is 6. The van der Waals surface area contributed by atoms with Crippen LogP contribution in [0, 0.1) is 0 Å². The molecule has 0 unspecified atom stereocenters. The van der Waals surface area contributed by atoms with Gasteiger partial charge >= 0.3 is 0 Å². The summed E-state index contributed by atoms with van der Waals surface area (Å²) in [7, 11) is 0. The number of nitrogens with zero attached hydrogens (tertiary/aromatic N) is 3. The fourth-order valence-corrected chi connectivity index (χ4v) is 2.95. The number of ether oxygens (including phenoxy) is 1. The third-order valence-electron chi connectivity index (χ3n) is 4.30. The van der Waals surface area contributed by atoms with Crippen molar-refractivity contribution in [3.05, 3.63) is 66.1 Å². The smallest absolute Gasteiger partial charge is 0.263 e. The van der Waals surface area contributed by atoms with Gasteiger partial charge in [0.05, 0.1) is 12.2 Å². The highest BCUT2D eigenvalue weighted by molar-refractivity contribution is 5.94. The number of aryl methyl sites for hydroxylation is 1. The summed E-state index contributed by atoms with van der Waals surface area (Å²) in [5.74, 6) is 0.764. The molecule has 0 aliphatic carbocycles.